The van der Waals surface area contributed by atoms with Gasteiger partial charge in [-0.25, -0.2) is 0 Å². The molecule has 2 nitrogen and oxygen atoms in total. The molecule has 0 radical (unpaired) electrons. The lowest BCUT2D eigenvalue weighted by atomic mass is 10.1. The van der Waals surface area contributed by atoms with Crippen molar-refractivity contribution < 1.29 is 9.53 Å². The topological polar surface area (TPSA) is 26.3 Å². The third kappa shape index (κ3) is 15.3. The number of rotatable bonds is 14. The van der Waals surface area contributed by atoms with Gasteiger partial charge >= 0.3 is 5.97 Å². The van der Waals surface area contributed by atoms with Crippen molar-refractivity contribution in [2.75, 3.05) is 6.61 Å². The second kappa shape index (κ2) is 16.3. The van der Waals surface area contributed by atoms with E-state index >= 15 is 0 Å². The number of ether oxygens (including phenoxy) is 1. The number of hydrogen-bond acceptors (Lipinski definition) is 2. The summed E-state index contributed by atoms with van der Waals surface area (Å²) in [6.07, 6.45) is 19.1. The van der Waals surface area contributed by atoms with Crippen LogP contribution in [0, 0.1) is 0 Å². The normalized spacial score (nSPS) is 11.1. The van der Waals surface area contributed by atoms with Gasteiger partial charge in [-0.15, -0.1) is 0 Å². The average molecular weight is 282 g/mol. The summed E-state index contributed by atoms with van der Waals surface area (Å²) in [6.45, 7) is 4.55. The van der Waals surface area contributed by atoms with E-state index in [9.17, 15) is 4.79 Å². The van der Waals surface area contributed by atoms with E-state index in [1.807, 2.05) is 6.92 Å². The van der Waals surface area contributed by atoms with E-state index in [0.717, 1.165) is 12.8 Å². The molecule has 0 saturated carbocycles. The van der Waals surface area contributed by atoms with Gasteiger partial charge in [0.05, 0.1) is 6.61 Å². The van der Waals surface area contributed by atoms with Crippen molar-refractivity contribution in [3.05, 3.63) is 12.2 Å². The van der Waals surface area contributed by atoms with Gasteiger partial charge in [-0.1, -0.05) is 64.0 Å². The molecule has 0 atom stereocenters. The minimum Gasteiger partial charge on any atom is -0.466 e. The fourth-order valence-electron chi connectivity index (χ4n) is 2.29. The van der Waals surface area contributed by atoms with Crippen LogP contribution in [0.3, 0.4) is 0 Å². The molecule has 0 spiro atoms. The fourth-order valence-corrected chi connectivity index (χ4v) is 2.29. The van der Waals surface area contributed by atoms with E-state index in [4.69, 9.17) is 4.74 Å². The Morgan fingerprint density at radius 2 is 1.35 bits per heavy atom. The van der Waals surface area contributed by atoms with Crippen LogP contribution < -0.4 is 0 Å². The van der Waals surface area contributed by atoms with E-state index in [-0.39, 0.29) is 5.97 Å². The summed E-state index contributed by atoms with van der Waals surface area (Å²) < 4.78 is 4.91. The van der Waals surface area contributed by atoms with Gasteiger partial charge in [0.25, 0.3) is 0 Å². The minimum atomic E-state index is -0.0374. The highest BCUT2D eigenvalue weighted by molar-refractivity contribution is 5.69. The van der Waals surface area contributed by atoms with Crippen LogP contribution in [-0.4, -0.2) is 12.6 Å². The summed E-state index contributed by atoms with van der Waals surface area (Å²) >= 11 is 0. The van der Waals surface area contributed by atoms with Gasteiger partial charge in [0, 0.05) is 6.42 Å². The highest BCUT2D eigenvalue weighted by atomic mass is 16.5. The Bertz CT molecular complexity index is 234. The Kier molecular flexibility index (Phi) is 15.6. The van der Waals surface area contributed by atoms with E-state index in [0.29, 0.717) is 13.0 Å². The zero-order valence-corrected chi connectivity index (χ0v) is 13.7. The van der Waals surface area contributed by atoms with Crippen molar-refractivity contribution >= 4 is 5.97 Å². The molecule has 0 aliphatic heterocycles. The molecule has 20 heavy (non-hydrogen) atoms. The third-order valence-corrected chi connectivity index (χ3v) is 3.46. The Morgan fingerprint density at radius 3 is 1.90 bits per heavy atom. The Balaban J connectivity index is 3.06. The predicted octanol–water partition coefficient (Wildman–Crippen LogP) is 5.81. The first kappa shape index (κ1) is 19.2. The van der Waals surface area contributed by atoms with Crippen molar-refractivity contribution in [1.29, 1.82) is 0 Å². The lowest BCUT2D eigenvalue weighted by Crippen LogP contribution is -2.03. The van der Waals surface area contributed by atoms with Crippen molar-refractivity contribution in [2.45, 2.75) is 90.9 Å². The zero-order valence-electron chi connectivity index (χ0n) is 13.7. The maximum absolute atomic E-state index is 11.1. The van der Waals surface area contributed by atoms with Crippen molar-refractivity contribution in [2.24, 2.45) is 0 Å². The van der Waals surface area contributed by atoms with Gasteiger partial charge in [0.15, 0.2) is 0 Å². The Hall–Kier alpha value is -0.790. The number of allylic oxidation sites excluding steroid dienone is 2. The first-order valence-corrected chi connectivity index (χ1v) is 8.61. The number of carbonyl (C=O) groups excluding carboxylic acids is 1. The van der Waals surface area contributed by atoms with Crippen LogP contribution in [0.25, 0.3) is 0 Å². The first-order chi connectivity index (χ1) is 9.81. The van der Waals surface area contributed by atoms with Crippen LogP contribution in [0.2, 0.25) is 0 Å². The van der Waals surface area contributed by atoms with Crippen LogP contribution in [-0.2, 0) is 9.53 Å². The minimum absolute atomic E-state index is 0.0374. The van der Waals surface area contributed by atoms with Crippen LogP contribution in [0.1, 0.15) is 90.9 Å². The third-order valence-electron chi connectivity index (χ3n) is 3.46. The van der Waals surface area contributed by atoms with Gasteiger partial charge in [-0.2, -0.15) is 0 Å². The molecule has 0 heterocycles. The maximum Gasteiger partial charge on any atom is 0.305 e. The van der Waals surface area contributed by atoms with Crippen LogP contribution in [0.5, 0.6) is 0 Å². The Labute approximate surface area is 126 Å². The molecule has 0 bridgehead atoms. The molecule has 0 fully saturated rings. The lowest BCUT2D eigenvalue weighted by molar-refractivity contribution is -0.143. The second-order valence-electron chi connectivity index (χ2n) is 5.41. The van der Waals surface area contributed by atoms with E-state index in [1.54, 1.807) is 0 Å². The standard InChI is InChI=1S/C18H34O2/c1-3-5-6-7-8-9-10-11-12-13-14-15-16-17-18(19)20-4-2/h5-6H,3-4,7-17H2,1-2H3/b6-5-. The average Bonchev–Trinajstić information content (AvgIpc) is 2.44. The monoisotopic (exact) mass is 282 g/mol. The predicted molar refractivity (Wildman–Crippen MR) is 86.9 cm³/mol. The van der Waals surface area contributed by atoms with E-state index in [2.05, 4.69) is 19.1 Å². The van der Waals surface area contributed by atoms with Gasteiger partial charge in [0.1, 0.15) is 0 Å². The molecular formula is C18H34O2. The first-order valence-electron chi connectivity index (χ1n) is 8.61. The molecule has 118 valence electrons. The van der Waals surface area contributed by atoms with E-state index < -0.39 is 0 Å². The number of unbranched alkanes of at least 4 members (excludes halogenated alkanes) is 9. The van der Waals surface area contributed by atoms with Gasteiger partial charge in [-0.05, 0) is 32.6 Å². The zero-order chi connectivity index (χ0) is 14.9. The molecule has 2 heteroatoms. The summed E-state index contributed by atoms with van der Waals surface area (Å²) in [6, 6.07) is 0. The second-order valence-corrected chi connectivity index (χ2v) is 5.41. The summed E-state index contributed by atoms with van der Waals surface area (Å²) in [7, 11) is 0. The highest BCUT2D eigenvalue weighted by Crippen LogP contribution is 2.11. The molecule has 0 saturated heterocycles. The van der Waals surface area contributed by atoms with Gasteiger partial charge in [0.2, 0.25) is 0 Å². The van der Waals surface area contributed by atoms with Crippen LogP contribution >= 0.6 is 0 Å². The number of esters is 1. The molecule has 0 rings (SSSR count). The molecular weight excluding hydrogens is 248 g/mol. The fraction of sp³-hybridized carbons (Fsp3) is 0.833. The summed E-state index contributed by atoms with van der Waals surface area (Å²) in [4.78, 5) is 11.1. The number of hydrogen-bond donors (Lipinski definition) is 0. The van der Waals surface area contributed by atoms with Crippen LogP contribution in [0.4, 0.5) is 0 Å². The van der Waals surface area contributed by atoms with Gasteiger partial charge in [-0.3, -0.25) is 4.79 Å². The summed E-state index contributed by atoms with van der Waals surface area (Å²) in [5, 5.41) is 0. The Morgan fingerprint density at radius 1 is 0.800 bits per heavy atom. The molecule has 0 aromatic rings. The molecule has 0 aliphatic carbocycles. The molecule has 0 aromatic carbocycles. The summed E-state index contributed by atoms with van der Waals surface area (Å²) in [5.74, 6) is -0.0374. The quantitative estimate of drug-likeness (QED) is 0.228. The van der Waals surface area contributed by atoms with E-state index in [1.165, 1.54) is 57.8 Å². The SMILES string of the molecule is CC/C=C\CCCCCCCCCCCC(=O)OCC. The van der Waals surface area contributed by atoms with Crippen molar-refractivity contribution in [3.63, 3.8) is 0 Å². The maximum atomic E-state index is 11.1. The van der Waals surface area contributed by atoms with Crippen LogP contribution in [0.15, 0.2) is 12.2 Å². The van der Waals surface area contributed by atoms with Crippen molar-refractivity contribution in [3.8, 4) is 0 Å². The largest absolute Gasteiger partial charge is 0.466 e. The van der Waals surface area contributed by atoms with Gasteiger partial charge < -0.3 is 4.74 Å². The smallest absolute Gasteiger partial charge is 0.305 e. The molecule has 0 unspecified atom stereocenters. The number of carbonyl (C=O) groups is 1. The lowest BCUT2D eigenvalue weighted by Gasteiger charge is -2.03. The molecule has 0 N–H and O–H groups in total. The summed E-state index contributed by atoms with van der Waals surface area (Å²) in [5.41, 5.74) is 0. The molecule has 0 aliphatic rings. The molecule has 0 amide bonds. The van der Waals surface area contributed by atoms with Crippen molar-refractivity contribution in [1.82, 2.24) is 0 Å². The molecule has 0 aromatic heterocycles. The highest BCUT2D eigenvalue weighted by Gasteiger charge is 2.00.